The van der Waals surface area contributed by atoms with Crippen molar-refractivity contribution in [3.63, 3.8) is 0 Å². The lowest BCUT2D eigenvalue weighted by Gasteiger charge is -2.09. The van der Waals surface area contributed by atoms with Gasteiger partial charge in [0.25, 0.3) is 0 Å². The predicted molar refractivity (Wildman–Crippen MR) is 77.6 cm³/mol. The normalized spacial score (nSPS) is 10.9. The van der Waals surface area contributed by atoms with E-state index in [4.69, 9.17) is 0 Å². The van der Waals surface area contributed by atoms with E-state index in [1.807, 2.05) is 18.7 Å². The molecule has 0 atom stereocenters. The lowest BCUT2D eigenvalue weighted by atomic mass is 10.2. The molecule has 0 aliphatic rings. The molecule has 0 saturated carbocycles. The fraction of sp³-hybridized carbons (Fsp3) is 0.467. The van der Waals surface area contributed by atoms with Crippen LogP contribution in [0.25, 0.3) is 5.82 Å². The van der Waals surface area contributed by atoms with Gasteiger partial charge in [-0.25, -0.2) is 9.67 Å². The summed E-state index contributed by atoms with van der Waals surface area (Å²) in [4.78, 5) is 4.62. The van der Waals surface area contributed by atoms with Gasteiger partial charge in [0.05, 0.1) is 5.69 Å². The summed E-state index contributed by atoms with van der Waals surface area (Å²) in [5, 5.41) is 7.82. The molecular weight excluding hydrogens is 236 g/mol. The molecule has 102 valence electrons. The number of rotatable bonds is 5. The van der Waals surface area contributed by atoms with Crippen LogP contribution in [-0.2, 0) is 19.4 Å². The molecular formula is C15H22N4. The van der Waals surface area contributed by atoms with E-state index >= 15 is 0 Å². The number of aromatic nitrogens is 3. The van der Waals surface area contributed by atoms with Crippen molar-refractivity contribution in [2.24, 2.45) is 0 Å². The Morgan fingerprint density at radius 1 is 1.16 bits per heavy atom. The highest BCUT2D eigenvalue weighted by Gasteiger charge is 2.09. The third-order valence-electron chi connectivity index (χ3n) is 3.16. The Kier molecular flexibility index (Phi) is 4.32. The monoisotopic (exact) mass is 258 g/mol. The quantitative estimate of drug-likeness (QED) is 0.895. The molecule has 0 unspecified atom stereocenters. The van der Waals surface area contributed by atoms with Gasteiger partial charge in [0.1, 0.15) is 0 Å². The largest absolute Gasteiger partial charge is 0.316 e. The molecule has 0 aliphatic heterocycles. The molecule has 0 aromatic carbocycles. The van der Waals surface area contributed by atoms with Gasteiger partial charge in [0, 0.05) is 17.9 Å². The van der Waals surface area contributed by atoms with Gasteiger partial charge in [0.15, 0.2) is 5.82 Å². The second kappa shape index (κ2) is 5.97. The molecule has 1 N–H and O–H groups in total. The number of hydrogen-bond acceptors (Lipinski definition) is 3. The molecule has 0 fully saturated rings. The minimum atomic E-state index is 0.847. The molecule has 0 bridgehead atoms. The maximum atomic E-state index is 4.65. The van der Waals surface area contributed by atoms with E-state index in [0.29, 0.717) is 0 Å². The van der Waals surface area contributed by atoms with Crippen LogP contribution >= 0.6 is 0 Å². The highest BCUT2D eigenvalue weighted by Crippen LogP contribution is 2.15. The molecule has 2 heterocycles. The van der Waals surface area contributed by atoms with E-state index in [1.165, 1.54) is 11.3 Å². The lowest BCUT2D eigenvalue weighted by molar-refractivity contribution is 0.758. The molecule has 0 amide bonds. The molecule has 0 radical (unpaired) electrons. The van der Waals surface area contributed by atoms with Crippen LogP contribution in [-0.4, -0.2) is 21.8 Å². The summed E-state index contributed by atoms with van der Waals surface area (Å²) in [7, 11) is 1.95. The average Bonchev–Trinajstić information content (AvgIpc) is 2.81. The first kappa shape index (κ1) is 13.7. The molecule has 2 aromatic heterocycles. The Hall–Kier alpha value is -1.68. The van der Waals surface area contributed by atoms with E-state index in [1.54, 1.807) is 0 Å². The van der Waals surface area contributed by atoms with Crippen LogP contribution in [0.2, 0.25) is 0 Å². The van der Waals surface area contributed by atoms with Crippen LogP contribution < -0.4 is 5.32 Å². The third-order valence-corrected chi connectivity index (χ3v) is 3.16. The van der Waals surface area contributed by atoms with Gasteiger partial charge in [-0.05, 0) is 50.6 Å². The summed E-state index contributed by atoms with van der Waals surface area (Å²) in [6.45, 7) is 7.15. The predicted octanol–water partition coefficient (Wildman–Crippen LogP) is 2.42. The van der Waals surface area contributed by atoms with Gasteiger partial charge in [0.2, 0.25) is 0 Å². The minimum absolute atomic E-state index is 0.847. The summed E-state index contributed by atoms with van der Waals surface area (Å²) in [6.07, 6.45) is 1.92. The Morgan fingerprint density at radius 2 is 1.95 bits per heavy atom. The number of nitrogens with one attached hydrogen (secondary N) is 1. The zero-order valence-electron chi connectivity index (χ0n) is 12.2. The highest BCUT2D eigenvalue weighted by atomic mass is 15.3. The van der Waals surface area contributed by atoms with Crippen molar-refractivity contribution in [2.75, 3.05) is 7.05 Å². The van der Waals surface area contributed by atoms with Gasteiger partial charge in [-0.1, -0.05) is 13.8 Å². The third kappa shape index (κ3) is 3.01. The zero-order valence-corrected chi connectivity index (χ0v) is 12.2. The van der Waals surface area contributed by atoms with Crippen LogP contribution in [0.1, 0.15) is 36.5 Å². The lowest BCUT2D eigenvalue weighted by Crippen LogP contribution is -2.09. The van der Waals surface area contributed by atoms with Crippen LogP contribution in [0.3, 0.4) is 0 Å². The average molecular weight is 258 g/mol. The molecule has 0 spiro atoms. The van der Waals surface area contributed by atoms with E-state index in [9.17, 15) is 0 Å². The fourth-order valence-electron chi connectivity index (χ4n) is 2.23. The number of pyridine rings is 1. The second-order valence-electron chi connectivity index (χ2n) is 4.75. The van der Waals surface area contributed by atoms with Crippen molar-refractivity contribution in [3.05, 3.63) is 40.8 Å². The van der Waals surface area contributed by atoms with Crippen molar-refractivity contribution in [2.45, 2.75) is 40.2 Å². The number of aryl methyl sites for hydroxylation is 3. The van der Waals surface area contributed by atoms with Crippen molar-refractivity contribution in [3.8, 4) is 5.82 Å². The number of hydrogen-bond donors (Lipinski definition) is 1. The molecule has 19 heavy (non-hydrogen) atoms. The maximum Gasteiger partial charge on any atom is 0.154 e. The van der Waals surface area contributed by atoms with Crippen LogP contribution in [0.4, 0.5) is 0 Å². The molecule has 0 aliphatic carbocycles. The standard InChI is InChI=1S/C15H22N4/c1-5-13-9-14(6-2)19(18-13)15-8-12(10-16-4)7-11(3)17-15/h7-9,16H,5-6,10H2,1-4H3. The SMILES string of the molecule is CCc1cc(CC)n(-c2cc(CNC)cc(C)n2)n1. The zero-order chi connectivity index (χ0) is 13.8. The van der Waals surface area contributed by atoms with Gasteiger partial charge < -0.3 is 5.32 Å². The Bertz CT molecular complexity index is 557. The van der Waals surface area contributed by atoms with Gasteiger partial charge in [-0.3, -0.25) is 0 Å². The van der Waals surface area contributed by atoms with Crippen LogP contribution in [0.5, 0.6) is 0 Å². The summed E-state index contributed by atoms with van der Waals surface area (Å²) in [5.74, 6) is 0.918. The molecule has 2 rings (SSSR count). The van der Waals surface area contributed by atoms with Gasteiger partial charge in [-0.15, -0.1) is 0 Å². The second-order valence-corrected chi connectivity index (χ2v) is 4.75. The summed E-state index contributed by atoms with van der Waals surface area (Å²) < 4.78 is 1.98. The van der Waals surface area contributed by atoms with E-state index in [0.717, 1.165) is 36.6 Å². The Morgan fingerprint density at radius 3 is 2.58 bits per heavy atom. The topological polar surface area (TPSA) is 42.7 Å². The van der Waals surface area contributed by atoms with E-state index < -0.39 is 0 Å². The summed E-state index contributed by atoms with van der Waals surface area (Å²) in [6, 6.07) is 6.38. The maximum absolute atomic E-state index is 4.65. The van der Waals surface area contributed by atoms with Crippen molar-refractivity contribution in [1.29, 1.82) is 0 Å². The molecule has 2 aromatic rings. The van der Waals surface area contributed by atoms with Crippen LogP contribution in [0.15, 0.2) is 18.2 Å². The van der Waals surface area contributed by atoms with Crippen molar-refractivity contribution >= 4 is 0 Å². The van der Waals surface area contributed by atoms with Gasteiger partial charge in [-0.2, -0.15) is 5.10 Å². The molecule has 4 nitrogen and oxygen atoms in total. The summed E-state index contributed by atoms with van der Waals surface area (Å²) >= 11 is 0. The Balaban J connectivity index is 2.48. The number of nitrogens with zero attached hydrogens (tertiary/aromatic N) is 3. The molecule has 0 saturated heterocycles. The first-order valence-corrected chi connectivity index (χ1v) is 6.88. The van der Waals surface area contributed by atoms with Crippen molar-refractivity contribution in [1.82, 2.24) is 20.1 Å². The highest BCUT2D eigenvalue weighted by molar-refractivity contribution is 5.32. The minimum Gasteiger partial charge on any atom is -0.316 e. The summed E-state index contributed by atoms with van der Waals surface area (Å²) in [5.41, 5.74) is 4.60. The first-order chi connectivity index (χ1) is 9.17. The van der Waals surface area contributed by atoms with Crippen molar-refractivity contribution < 1.29 is 0 Å². The van der Waals surface area contributed by atoms with Gasteiger partial charge >= 0.3 is 0 Å². The fourth-order valence-corrected chi connectivity index (χ4v) is 2.23. The first-order valence-electron chi connectivity index (χ1n) is 6.88. The Labute approximate surface area is 114 Å². The molecule has 4 heteroatoms. The smallest absolute Gasteiger partial charge is 0.154 e. The van der Waals surface area contributed by atoms with E-state index in [2.05, 4.69) is 47.4 Å². The van der Waals surface area contributed by atoms with Crippen LogP contribution in [0, 0.1) is 6.92 Å². The van der Waals surface area contributed by atoms with E-state index in [-0.39, 0.29) is 0 Å².